The summed E-state index contributed by atoms with van der Waals surface area (Å²) < 4.78 is 2.06. The number of nitrogens with two attached hydrogens (primary N) is 1. The molecule has 3 nitrogen and oxygen atoms in total. The SMILES string of the molecule is Cc1ccc(Cn2cnc(CN)c2)cc1C. The molecule has 16 heavy (non-hydrogen) atoms. The van der Waals surface area contributed by atoms with Gasteiger partial charge >= 0.3 is 0 Å². The van der Waals surface area contributed by atoms with Crippen molar-refractivity contribution in [3.8, 4) is 0 Å². The molecule has 0 radical (unpaired) electrons. The molecule has 0 amide bonds. The summed E-state index contributed by atoms with van der Waals surface area (Å²) in [5, 5.41) is 0. The van der Waals surface area contributed by atoms with Gasteiger partial charge in [0.25, 0.3) is 0 Å². The Morgan fingerprint density at radius 1 is 1.25 bits per heavy atom. The van der Waals surface area contributed by atoms with Crippen LogP contribution in [-0.2, 0) is 13.1 Å². The minimum Gasteiger partial charge on any atom is -0.333 e. The Morgan fingerprint density at radius 2 is 2.06 bits per heavy atom. The summed E-state index contributed by atoms with van der Waals surface area (Å²) in [7, 11) is 0. The van der Waals surface area contributed by atoms with Crippen molar-refractivity contribution in [2.45, 2.75) is 26.9 Å². The monoisotopic (exact) mass is 215 g/mol. The molecular formula is C13H17N3. The summed E-state index contributed by atoms with van der Waals surface area (Å²) in [6.45, 7) is 5.62. The third-order valence-corrected chi connectivity index (χ3v) is 2.83. The van der Waals surface area contributed by atoms with Crippen LogP contribution in [-0.4, -0.2) is 9.55 Å². The van der Waals surface area contributed by atoms with Crippen LogP contribution >= 0.6 is 0 Å². The van der Waals surface area contributed by atoms with Crippen molar-refractivity contribution in [3.05, 3.63) is 53.1 Å². The van der Waals surface area contributed by atoms with E-state index in [4.69, 9.17) is 5.73 Å². The topological polar surface area (TPSA) is 43.8 Å². The van der Waals surface area contributed by atoms with Crippen LogP contribution in [0.3, 0.4) is 0 Å². The van der Waals surface area contributed by atoms with E-state index in [1.54, 1.807) is 0 Å². The summed E-state index contributed by atoms with van der Waals surface area (Å²) in [5.74, 6) is 0. The van der Waals surface area contributed by atoms with E-state index in [1.165, 1.54) is 16.7 Å². The van der Waals surface area contributed by atoms with Gasteiger partial charge in [-0.25, -0.2) is 4.98 Å². The molecule has 0 aliphatic heterocycles. The summed E-state index contributed by atoms with van der Waals surface area (Å²) in [5.41, 5.74) is 10.4. The molecule has 0 saturated carbocycles. The number of aryl methyl sites for hydroxylation is 2. The normalized spacial score (nSPS) is 10.7. The second kappa shape index (κ2) is 4.49. The maximum absolute atomic E-state index is 5.52. The lowest BCUT2D eigenvalue weighted by molar-refractivity contribution is 0.795. The lowest BCUT2D eigenvalue weighted by Gasteiger charge is -2.05. The largest absolute Gasteiger partial charge is 0.333 e. The second-order valence-electron chi connectivity index (χ2n) is 4.16. The van der Waals surface area contributed by atoms with Gasteiger partial charge in [0.2, 0.25) is 0 Å². The number of nitrogens with zero attached hydrogens (tertiary/aromatic N) is 2. The van der Waals surface area contributed by atoms with Crippen LogP contribution < -0.4 is 5.73 Å². The minimum absolute atomic E-state index is 0.500. The fourth-order valence-electron chi connectivity index (χ4n) is 1.71. The maximum Gasteiger partial charge on any atom is 0.0953 e. The molecule has 84 valence electrons. The van der Waals surface area contributed by atoms with E-state index in [9.17, 15) is 0 Å². The van der Waals surface area contributed by atoms with Crippen LogP contribution in [0.25, 0.3) is 0 Å². The highest BCUT2D eigenvalue weighted by Crippen LogP contribution is 2.11. The van der Waals surface area contributed by atoms with Crippen molar-refractivity contribution in [1.29, 1.82) is 0 Å². The molecule has 1 heterocycles. The van der Waals surface area contributed by atoms with E-state index < -0.39 is 0 Å². The lowest BCUT2D eigenvalue weighted by Crippen LogP contribution is -1.98. The van der Waals surface area contributed by atoms with E-state index >= 15 is 0 Å². The Balaban J connectivity index is 2.17. The van der Waals surface area contributed by atoms with Crippen molar-refractivity contribution in [3.63, 3.8) is 0 Å². The van der Waals surface area contributed by atoms with Gasteiger partial charge in [-0.2, -0.15) is 0 Å². The van der Waals surface area contributed by atoms with Crippen molar-refractivity contribution in [2.75, 3.05) is 0 Å². The molecule has 0 saturated heterocycles. The van der Waals surface area contributed by atoms with Gasteiger partial charge in [-0.05, 0) is 30.5 Å². The molecule has 0 atom stereocenters. The molecule has 1 aromatic carbocycles. The van der Waals surface area contributed by atoms with E-state index in [0.717, 1.165) is 12.2 Å². The molecule has 3 heteroatoms. The number of hydrogen-bond donors (Lipinski definition) is 1. The zero-order chi connectivity index (χ0) is 11.5. The van der Waals surface area contributed by atoms with Gasteiger partial charge in [0.15, 0.2) is 0 Å². The molecular weight excluding hydrogens is 198 g/mol. The number of aromatic nitrogens is 2. The molecule has 0 aliphatic rings. The van der Waals surface area contributed by atoms with Crippen LogP contribution in [0.1, 0.15) is 22.4 Å². The van der Waals surface area contributed by atoms with Crippen LogP contribution in [0.4, 0.5) is 0 Å². The number of imidazole rings is 1. The lowest BCUT2D eigenvalue weighted by atomic mass is 10.1. The summed E-state index contributed by atoms with van der Waals surface area (Å²) in [6, 6.07) is 6.54. The number of benzene rings is 1. The van der Waals surface area contributed by atoms with Crippen LogP contribution in [0.15, 0.2) is 30.7 Å². The average molecular weight is 215 g/mol. The second-order valence-corrected chi connectivity index (χ2v) is 4.16. The van der Waals surface area contributed by atoms with Crippen LogP contribution in [0.2, 0.25) is 0 Å². The number of hydrogen-bond acceptors (Lipinski definition) is 2. The number of rotatable bonds is 3. The molecule has 0 unspecified atom stereocenters. The Kier molecular flexibility index (Phi) is 3.06. The van der Waals surface area contributed by atoms with Gasteiger partial charge < -0.3 is 10.3 Å². The average Bonchev–Trinajstić information content (AvgIpc) is 2.71. The predicted molar refractivity (Wildman–Crippen MR) is 65.1 cm³/mol. The Morgan fingerprint density at radius 3 is 2.69 bits per heavy atom. The van der Waals surface area contributed by atoms with Crippen molar-refractivity contribution < 1.29 is 0 Å². The van der Waals surface area contributed by atoms with Crippen molar-refractivity contribution in [1.82, 2.24) is 9.55 Å². The first-order valence-corrected chi connectivity index (χ1v) is 5.46. The molecule has 2 N–H and O–H groups in total. The van der Waals surface area contributed by atoms with Gasteiger partial charge in [-0.3, -0.25) is 0 Å². The van der Waals surface area contributed by atoms with Crippen LogP contribution in [0, 0.1) is 13.8 Å². The Labute approximate surface area is 95.9 Å². The Bertz CT molecular complexity index is 486. The van der Waals surface area contributed by atoms with Gasteiger partial charge in [0.1, 0.15) is 0 Å². The van der Waals surface area contributed by atoms with Crippen LogP contribution in [0.5, 0.6) is 0 Å². The highest BCUT2D eigenvalue weighted by atomic mass is 15.0. The smallest absolute Gasteiger partial charge is 0.0953 e. The van der Waals surface area contributed by atoms with Crippen molar-refractivity contribution >= 4 is 0 Å². The quantitative estimate of drug-likeness (QED) is 0.851. The first-order chi connectivity index (χ1) is 7.69. The molecule has 2 rings (SSSR count). The van der Waals surface area contributed by atoms with E-state index in [1.807, 2.05) is 12.5 Å². The predicted octanol–water partition coefficient (Wildman–Crippen LogP) is 2.01. The first kappa shape index (κ1) is 10.9. The minimum atomic E-state index is 0.500. The maximum atomic E-state index is 5.52. The first-order valence-electron chi connectivity index (χ1n) is 5.46. The molecule has 0 bridgehead atoms. The summed E-state index contributed by atoms with van der Waals surface area (Å²) >= 11 is 0. The molecule has 0 spiro atoms. The Hall–Kier alpha value is -1.61. The molecule has 0 fully saturated rings. The van der Waals surface area contributed by atoms with Crippen molar-refractivity contribution in [2.24, 2.45) is 5.73 Å². The fraction of sp³-hybridized carbons (Fsp3) is 0.308. The zero-order valence-corrected chi connectivity index (χ0v) is 9.77. The third-order valence-electron chi connectivity index (χ3n) is 2.83. The standard InChI is InChI=1S/C13H17N3/c1-10-3-4-12(5-11(10)2)7-16-8-13(6-14)15-9-16/h3-5,8-9H,6-7,14H2,1-2H3. The van der Waals surface area contributed by atoms with E-state index in [2.05, 4.69) is 41.6 Å². The van der Waals surface area contributed by atoms with E-state index in [0.29, 0.717) is 6.54 Å². The van der Waals surface area contributed by atoms with Gasteiger partial charge in [0, 0.05) is 19.3 Å². The highest BCUT2D eigenvalue weighted by molar-refractivity contribution is 5.30. The summed E-state index contributed by atoms with van der Waals surface area (Å²) in [6.07, 6.45) is 3.83. The molecule has 2 aromatic rings. The zero-order valence-electron chi connectivity index (χ0n) is 9.77. The molecule has 0 aliphatic carbocycles. The summed E-state index contributed by atoms with van der Waals surface area (Å²) in [4.78, 5) is 4.21. The fourth-order valence-corrected chi connectivity index (χ4v) is 1.71. The molecule has 1 aromatic heterocycles. The van der Waals surface area contributed by atoms with Gasteiger partial charge in [0.05, 0.1) is 12.0 Å². The third kappa shape index (κ3) is 2.31. The van der Waals surface area contributed by atoms with Gasteiger partial charge in [-0.1, -0.05) is 18.2 Å². The highest BCUT2D eigenvalue weighted by Gasteiger charge is 1.99. The van der Waals surface area contributed by atoms with Gasteiger partial charge in [-0.15, -0.1) is 0 Å². The van der Waals surface area contributed by atoms with E-state index in [-0.39, 0.29) is 0 Å².